The topological polar surface area (TPSA) is 113 Å². The molecule has 0 rings (SSSR count). The Hall–Kier alpha value is -2.05. The Morgan fingerprint density at radius 2 is 2.00 bits per heavy atom. The number of carbonyl (C=O) groups excluding carboxylic acids is 2. The van der Waals surface area contributed by atoms with Crippen molar-refractivity contribution in [1.82, 2.24) is 10.2 Å². The van der Waals surface area contributed by atoms with Crippen LogP contribution in [0.5, 0.6) is 0 Å². The van der Waals surface area contributed by atoms with Gasteiger partial charge in [0.2, 0.25) is 5.91 Å². The van der Waals surface area contributed by atoms with Gasteiger partial charge in [-0.2, -0.15) is 0 Å². The van der Waals surface area contributed by atoms with Gasteiger partial charge in [-0.15, -0.1) is 0 Å². The van der Waals surface area contributed by atoms with Crippen molar-refractivity contribution >= 4 is 17.9 Å². The van der Waals surface area contributed by atoms with Gasteiger partial charge in [0.15, 0.2) is 0 Å². The zero-order chi connectivity index (χ0) is 14.3. The van der Waals surface area contributed by atoms with Crippen molar-refractivity contribution in [3.05, 3.63) is 12.2 Å². The van der Waals surface area contributed by atoms with Crippen LogP contribution in [0.2, 0.25) is 0 Å². The number of carbonyl (C=O) groups is 3. The summed E-state index contributed by atoms with van der Waals surface area (Å²) in [5.74, 6) is -1.81. The van der Waals surface area contributed by atoms with E-state index >= 15 is 0 Å². The highest BCUT2D eigenvalue weighted by Gasteiger charge is 2.22. The fourth-order valence-corrected chi connectivity index (χ4v) is 1.28. The smallest absolute Gasteiger partial charge is 0.326 e. The molecule has 1 unspecified atom stereocenters. The predicted octanol–water partition coefficient (Wildman–Crippen LogP) is -0.0774. The van der Waals surface area contributed by atoms with Gasteiger partial charge >= 0.3 is 12.0 Å². The van der Waals surface area contributed by atoms with Crippen LogP contribution < -0.4 is 11.1 Å². The average Bonchev–Trinajstić information content (AvgIpc) is 2.21. The van der Waals surface area contributed by atoms with Crippen LogP contribution in [0.15, 0.2) is 12.2 Å². The van der Waals surface area contributed by atoms with Crippen LogP contribution in [0.25, 0.3) is 0 Å². The fourth-order valence-electron chi connectivity index (χ4n) is 1.28. The van der Waals surface area contributed by atoms with Gasteiger partial charge in [0.1, 0.15) is 6.04 Å². The number of nitrogens with zero attached hydrogens (tertiary/aromatic N) is 1. The SMILES string of the molecule is C=C(C)CN(C)C(=O)NC(CCC(N)=O)C(=O)O. The Morgan fingerprint density at radius 3 is 2.39 bits per heavy atom. The van der Waals surface area contributed by atoms with Gasteiger partial charge in [-0.3, -0.25) is 4.79 Å². The molecule has 0 aliphatic carbocycles. The van der Waals surface area contributed by atoms with Gasteiger partial charge in [-0.05, 0) is 13.3 Å². The first-order valence-corrected chi connectivity index (χ1v) is 5.41. The lowest BCUT2D eigenvalue weighted by molar-refractivity contribution is -0.139. The lowest BCUT2D eigenvalue weighted by Crippen LogP contribution is -2.47. The van der Waals surface area contributed by atoms with Crippen molar-refractivity contribution in [2.45, 2.75) is 25.8 Å². The zero-order valence-electron chi connectivity index (χ0n) is 10.6. The predicted molar refractivity (Wildman–Crippen MR) is 65.8 cm³/mol. The monoisotopic (exact) mass is 257 g/mol. The highest BCUT2D eigenvalue weighted by Crippen LogP contribution is 2.00. The van der Waals surface area contributed by atoms with Crippen LogP contribution in [0, 0.1) is 0 Å². The number of hydrogen-bond acceptors (Lipinski definition) is 3. The molecule has 0 aliphatic heterocycles. The first kappa shape index (κ1) is 16.0. The summed E-state index contributed by atoms with van der Waals surface area (Å²) in [5, 5.41) is 11.2. The van der Waals surface area contributed by atoms with E-state index in [9.17, 15) is 14.4 Å². The van der Waals surface area contributed by atoms with Gasteiger partial charge in [0.25, 0.3) is 0 Å². The second kappa shape index (κ2) is 7.31. The molecule has 1 atom stereocenters. The fraction of sp³-hybridized carbons (Fsp3) is 0.545. The maximum atomic E-state index is 11.6. The minimum absolute atomic E-state index is 0.0304. The molecule has 102 valence electrons. The lowest BCUT2D eigenvalue weighted by Gasteiger charge is -2.21. The Kier molecular flexibility index (Phi) is 6.48. The molecule has 0 bridgehead atoms. The molecule has 0 fully saturated rings. The summed E-state index contributed by atoms with van der Waals surface area (Å²) in [5.41, 5.74) is 5.71. The molecule has 0 saturated heterocycles. The Morgan fingerprint density at radius 1 is 1.44 bits per heavy atom. The average molecular weight is 257 g/mol. The number of carboxylic acid groups (broad SMARTS) is 1. The molecule has 0 aromatic carbocycles. The van der Waals surface area contributed by atoms with E-state index in [1.165, 1.54) is 11.9 Å². The molecule has 0 radical (unpaired) electrons. The van der Waals surface area contributed by atoms with Crippen molar-refractivity contribution in [2.75, 3.05) is 13.6 Å². The van der Waals surface area contributed by atoms with Crippen molar-refractivity contribution in [1.29, 1.82) is 0 Å². The standard InChI is InChI=1S/C11H19N3O4/c1-7(2)6-14(3)11(18)13-8(10(16)17)4-5-9(12)15/h8H,1,4-6H2,2-3H3,(H2,12,15)(H,13,18)(H,16,17). The molecule has 0 heterocycles. The maximum absolute atomic E-state index is 11.6. The van der Waals surface area contributed by atoms with E-state index in [4.69, 9.17) is 10.8 Å². The van der Waals surface area contributed by atoms with Crippen LogP contribution in [0.4, 0.5) is 4.79 Å². The summed E-state index contributed by atoms with van der Waals surface area (Å²) in [6.07, 6.45) is -0.126. The molecule has 18 heavy (non-hydrogen) atoms. The summed E-state index contributed by atoms with van der Waals surface area (Å²) < 4.78 is 0. The molecule has 0 aromatic heterocycles. The van der Waals surface area contributed by atoms with E-state index in [1.54, 1.807) is 6.92 Å². The molecule has 0 spiro atoms. The molecule has 4 N–H and O–H groups in total. The number of carboxylic acids is 1. The van der Waals surface area contributed by atoms with E-state index < -0.39 is 23.9 Å². The van der Waals surface area contributed by atoms with Crippen molar-refractivity contribution in [3.8, 4) is 0 Å². The number of nitrogens with one attached hydrogen (secondary N) is 1. The molecule has 7 heteroatoms. The second-order valence-electron chi connectivity index (χ2n) is 4.16. The van der Waals surface area contributed by atoms with Crippen molar-refractivity contribution < 1.29 is 19.5 Å². The molecular weight excluding hydrogens is 238 g/mol. The second-order valence-corrected chi connectivity index (χ2v) is 4.16. The van der Waals surface area contributed by atoms with Gasteiger partial charge in [0, 0.05) is 20.0 Å². The first-order chi connectivity index (χ1) is 8.23. The molecule has 7 nitrogen and oxygen atoms in total. The highest BCUT2D eigenvalue weighted by molar-refractivity contribution is 5.83. The van der Waals surface area contributed by atoms with Crippen LogP contribution in [-0.4, -0.2) is 47.5 Å². The Balaban J connectivity index is 4.40. The van der Waals surface area contributed by atoms with E-state index in [0.29, 0.717) is 6.54 Å². The van der Waals surface area contributed by atoms with E-state index in [0.717, 1.165) is 5.57 Å². The number of amides is 3. The quantitative estimate of drug-likeness (QED) is 0.554. The maximum Gasteiger partial charge on any atom is 0.326 e. The van der Waals surface area contributed by atoms with E-state index in [1.807, 2.05) is 0 Å². The van der Waals surface area contributed by atoms with Crippen molar-refractivity contribution in [3.63, 3.8) is 0 Å². The summed E-state index contributed by atoms with van der Waals surface area (Å²) in [6, 6.07) is -1.66. The minimum Gasteiger partial charge on any atom is -0.480 e. The largest absolute Gasteiger partial charge is 0.480 e. The molecular formula is C11H19N3O4. The third kappa shape index (κ3) is 6.51. The summed E-state index contributed by atoms with van der Waals surface area (Å²) in [4.78, 5) is 34.4. The highest BCUT2D eigenvalue weighted by atomic mass is 16.4. The number of nitrogens with two attached hydrogens (primary N) is 1. The van der Waals surface area contributed by atoms with E-state index in [2.05, 4.69) is 11.9 Å². The summed E-state index contributed by atoms with van der Waals surface area (Å²) >= 11 is 0. The molecule has 0 aromatic rings. The minimum atomic E-state index is -1.20. The summed E-state index contributed by atoms with van der Waals surface area (Å²) in [6.45, 7) is 5.73. The molecule has 3 amide bonds. The lowest BCUT2D eigenvalue weighted by atomic mass is 10.1. The number of hydrogen-bond donors (Lipinski definition) is 3. The van der Waals surface area contributed by atoms with Gasteiger partial charge in [0.05, 0.1) is 0 Å². The zero-order valence-corrected chi connectivity index (χ0v) is 10.6. The van der Waals surface area contributed by atoms with Crippen molar-refractivity contribution in [2.24, 2.45) is 5.73 Å². The Labute approximate surface area is 106 Å². The number of rotatable bonds is 7. The van der Waals surface area contributed by atoms with Gasteiger partial charge < -0.3 is 21.1 Å². The first-order valence-electron chi connectivity index (χ1n) is 5.41. The van der Waals surface area contributed by atoms with E-state index in [-0.39, 0.29) is 12.8 Å². The Bertz CT molecular complexity index is 354. The third-order valence-electron chi connectivity index (χ3n) is 2.13. The van der Waals surface area contributed by atoms with Gasteiger partial charge in [-0.1, -0.05) is 12.2 Å². The third-order valence-corrected chi connectivity index (χ3v) is 2.13. The van der Waals surface area contributed by atoms with Crippen LogP contribution in [0.1, 0.15) is 19.8 Å². The van der Waals surface area contributed by atoms with Crippen LogP contribution in [-0.2, 0) is 9.59 Å². The molecule has 0 aliphatic rings. The van der Waals surface area contributed by atoms with Gasteiger partial charge in [-0.25, -0.2) is 9.59 Å². The normalized spacial score (nSPS) is 11.4. The van der Waals surface area contributed by atoms with Crippen LogP contribution in [0.3, 0.4) is 0 Å². The number of likely N-dealkylation sites (N-methyl/N-ethyl adjacent to an activating group) is 1. The number of primary amides is 1. The van der Waals surface area contributed by atoms with Crippen LogP contribution >= 0.6 is 0 Å². The molecule has 0 saturated carbocycles. The number of aliphatic carboxylic acids is 1. The number of urea groups is 1. The summed E-state index contributed by atoms with van der Waals surface area (Å²) in [7, 11) is 1.52.